The molecule has 1 atom stereocenters. The number of carbonyl (C=O) groups is 2. The molecule has 1 aromatic heterocycles. The lowest BCUT2D eigenvalue weighted by Crippen LogP contribution is -2.47. The van der Waals surface area contributed by atoms with E-state index < -0.39 is 23.5 Å². The normalized spacial score (nSPS) is 13.2. The topological polar surface area (TPSA) is 94.3 Å². The minimum atomic E-state index is -0.763. The summed E-state index contributed by atoms with van der Waals surface area (Å²) in [5, 5.41) is 6.08. The van der Waals surface area contributed by atoms with Crippen molar-refractivity contribution < 1.29 is 18.8 Å². The molecular formula is C13H21N3O4. The number of ether oxygens (including phenoxy) is 1. The van der Waals surface area contributed by atoms with Crippen molar-refractivity contribution in [3.63, 3.8) is 0 Å². The quantitative estimate of drug-likeness (QED) is 0.841. The van der Waals surface area contributed by atoms with Gasteiger partial charge in [-0.2, -0.15) is 4.98 Å². The van der Waals surface area contributed by atoms with Gasteiger partial charge in [0.15, 0.2) is 0 Å². The fourth-order valence-electron chi connectivity index (χ4n) is 1.46. The van der Waals surface area contributed by atoms with E-state index in [1.165, 1.54) is 0 Å². The van der Waals surface area contributed by atoms with Crippen LogP contribution in [0, 0.1) is 12.8 Å². The third-order valence-corrected chi connectivity index (χ3v) is 2.34. The van der Waals surface area contributed by atoms with Gasteiger partial charge in [0.05, 0.1) is 0 Å². The second kappa shape index (κ2) is 6.02. The first-order valence-electron chi connectivity index (χ1n) is 6.44. The highest BCUT2D eigenvalue weighted by Gasteiger charge is 2.30. The van der Waals surface area contributed by atoms with Gasteiger partial charge in [-0.05, 0) is 26.7 Å². The average molecular weight is 283 g/mol. The molecule has 1 rings (SSSR count). The molecule has 7 nitrogen and oxygen atoms in total. The predicted molar refractivity (Wildman–Crippen MR) is 71.0 cm³/mol. The van der Waals surface area contributed by atoms with Crippen LogP contribution >= 0.6 is 0 Å². The molecule has 0 fully saturated rings. The van der Waals surface area contributed by atoms with Gasteiger partial charge in [0.25, 0.3) is 11.7 Å². The van der Waals surface area contributed by atoms with Gasteiger partial charge in [-0.3, -0.25) is 4.79 Å². The molecule has 0 radical (unpaired) electrons. The van der Waals surface area contributed by atoms with Gasteiger partial charge in [-0.25, -0.2) is 4.79 Å². The Bertz CT molecular complexity index is 488. The first-order valence-corrected chi connectivity index (χ1v) is 6.44. The van der Waals surface area contributed by atoms with Crippen LogP contribution < -0.4 is 5.32 Å². The SMILES string of the molecule is Cc1nc(C(=O)N[C@@H](C(=O)OC(C)(C)C)C(C)C)no1. The highest BCUT2D eigenvalue weighted by atomic mass is 16.6. The number of aryl methyl sites for hydroxylation is 1. The molecule has 0 unspecified atom stereocenters. The Balaban J connectivity index is 2.77. The fraction of sp³-hybridized carbons (Fsp3) is 0.692. The zero-order chi connectivity index (χ0) is 15.5. The molecule has 0 aromatic carbocycles. The molecule has 0 aliphatic carbocycles. The molecule has 0 aliphatic heterocycles. The van der Waals surface area contributed by atoms with Crippen LogP contribution in [0.1, 0.15) is 51.1 Å². The summed E-state index contributed by atoms with van der Waals surface area (Å²) >= 11 is 0. The maximum Gasteiger partial charge on any atom is 0.329 e. The number of hydrogen-bond donors (Lipinski definition) is 1. The summed E-state index contributed by atoms with van der Waals surface area (Å²) in [6.07, 6.45) is 0. The second-order valence-electron chi connectivity index (χ2n) is 5.87. The first kappa shape index (κ1) is 16.1. The highest BCUT2D eigenvalue weighted by Crippen LogP contribution is 2.12. The second-order valence-corrected chi connectivity index (χ2v) is 5.87. The number of nitrogens with one attached hydrogen (secondary N) is 1. The smallest absolute Gasteiger partial charge is 0.329 e. The Hall–Kier alpha value is -1.92. The monoisotopic (exact) mass is 283 g/mol. The van der Waals surface area contributed by atoms with Crippen LogP contribution in [-0.2, 0) is 9.53 Å². The van der Waals surface area contributed by atoms with Crippen LogP contribution in [0.4, 0.5) is 0 Å². The molecule has 0 bridgehead atoms. The molecule has 7 heteroatoms. The number of esters is 1. The van der Waals surface area contributed by atoms with Crippen LogP contribution in [0.15, 0.2) is 4.52 Å². The number of nitrogens with zero attached hydrogens (tertiary/aromatic N) is 2. The predicted octanol–water partition coefficient (Wildman–Crippen LogP) is 1.47. The zero-order valence-electron chi connectivity index (χ0n) is 12.7. The Morgan fingerprint density at radius 2 is 1.90 bits per heavy atom. The molecule has 1 aromatic rings. The van der Waals surface area contributed by atoms with Crippen molar-refractivity contribution in [2.75, 3.05) is 0 Å². The molecule has 20 heavy (non-hydrogen) atoms. The summed E-state index contributed by atoms with van der Waals surface area (Å²) in [7, 11) is 0. The lowest BCUT2D eigenvalue weighted by atomic mass is 10.0. The minimum absolute atomic E-state index is 0.100. The standard InChI is InChI=1S/C13H21N3O4/c1-7(2)9(12(18)19-13(4,5)6)15-11(17)10-14-8(3)20-16-10/h7,9H,1-6H3,(H,15,17)/t9-/m1/s1. The van der Waals surface area contributed by atoms with Gasteiger partial charge in [0.2, 0.25) is 5.89 Å². The van der Waals surface area contributed by atoms with Gasteiger partial charge in [-0.1, -0.05) is 19.0 Å². The number of carbonyl (C=O) groups excluding carboxylic acids is 2. The molecule has 0 saturated heterocycles. The van der Waals surface area contributed by atoms with Gasteiger partial charge in [0.1, 0.15) is 11.6 Å². The zero-order valence-corrected chi connectivity index (χ0v) is 12.7. The van der Waals surface area contributed by atoms with Crippen molar-refractivity contribution in [2.24, 2.45) is 5.92 Å². The summed E-state index contributed by atoms with van der Waals surface area (Å²) in [5.74, 6) is -0.987. The van der Waals surface area contributed by atoms with E-state index >= 15 is 0 Å². The summed E-state index contributed by atoms with van der Waals surface area (Å²) < 4.78 is 10.0. The summed E-state index contributed by atoms with van der Waals surface area (Å²) in [4.78, 5) is 27.8. The van der Waals surface area contributed by atoms with E-state index in [0.717, 1.165) is 0 Å². The molecule has 0 saturated carbocycles. The third-order valence-electron chi connectivity index (χ3n) is 2.34. The van der Waals surface area contributed by atoms with Crippen molar-refractivity contribution in [1.82, 2.24) is 15.5 Å². The van der Waals surface area contributed by atoms with Crippen LogP contribution in [0.25, 0.3) is 0 Å². The van der Waals surface area contributed by atoms with E-state index in [-0.39, 0.29) is 17.6 Å². The van der Waals surface area contributed by atoms with E-state index in [1.807, 2.05) is 13.8 Å². The molecule has 1 amide bonds. The Morgan fingerprint density at radius 1 is 1.30 bits per heavy atom. The summed E-state index contributed by atoms with van der Waals surface area (Å²) in [5.41, 5.74) is -0.613. The summed E-state index contributed by atoms with van der Waals surface area (Å²) in [6, 6.07) is -0.763. The first-order chi connectivity index (χ1) is 9.10. The third kappa shape index (κ3) is 4.64. The average Bonchev–Trinajstić information content (AvgIpc) is 2.69. The van der Waals surface area contributed by atoms with Crippen molar-refractivity contribution in [3.05, 3.63) is 11.7 Å². The fourth-order valence-corrected chi connectivity index (χ4v) is 1.46. The molecule has 112 valence electrons. The Kier molecular flexibility index (Phi) is 4.86. The van der Waals surface area contributed by atoms with E-state index in [2.05, 4.69) is 15.5 Å². The Labute approximate surface area is 118 Å². The maximum atomic E-state index is 12.1. The molecular weight excluding hydrogens is 262 g/mol. The summed E-state index contributed by atoms with van der Waals surface area (Å²) in [6.45, 7) is 10.5. The molecule has 0 spiro atoms. The maximum absolute atomic E-state index is 12.1. The van der Waals surface area contributed by atoms with Gasteiger partial charge in [0, 0.05) is 6.92 Å². The van der Waals surface area contributed by atoms with Crippen LogP contribution in [0.5, 0.6) is 0 Å². The minimum Gasteiger partial charge on any atom is -0.458 e. The van der Waals surface area contributed by atoms with Crippen molar-refractivity contribution in [2.45, 2.75) is 53.2 Å². The highest BCUT2D eigenvalue weighted by molar-refractivity contribution is 5.93. The van der Waals surface area contributed by atoms with Crippen molar-refractivity contribution in [1.29, 1.82) is 0 Å². The number of rotatable bonds is 4. The molecule has 0 aliphatic rings. The largest absolute Gasteiger partial charge is 0.458 e. The number of amides is 1. The van der Waals surface area contributed by atoms with E-state index in [9.17, 15) is 9.59 Å². The van der Waals surface area contributed by atoms with Gasteiger partial charge < -0.3 is 14.6 Å². The van der Waals surface area contributed by atoms with E-state index in [1.54, 1.807) is 27.7 Å². The van der Waals surface area contributed by atoms with Gasteiger partial charge in [-0.15, -0.1) is 0 Å². The van der Waals surface area contributed by atoms with Crippen LogP contribution in [0.2, 0.25) is 0 Å². The lowest BCUT2D eigenvalue weighted by Gasteiger charge is -2.26. The Morgan fingerprint density at radius 3 is 2.30 bits per heavy atom. The number of hydrogen-bond acceptors (Lipinski definition) is 6. The van der Waals surface area contributed by atoms with E-state index in [0.29, 0.717) is 0 Å². The molecule has 1 N–H and O–H groups in total. The van der Waals surface area contributed by atoms with Crippen molar-refractivity contribution in [3.8, 4) is 0 Å². The van der Waals surface area contributed by atoms with Gasteiger partial charge >= 0.3 is 5.97 Å². The number of aromatic nitrogens is 2. The van der Waals surface area contributed by atoms with Crippen LogP contribution in [-0.4, -0.2) is 33.7 Å². The van der Waals surface area contributed by atoms with Crippen LogP contribution in [0.3, 0.4) is 0 Å². The van der Waals surface area contributed by atoms with E-state index in [4.69, 9.17) is 9.26 Å². The van der Waals surface area contributed by atoms with Crippen molar-refractivity contribution >= 4 is 11.9 Å². The lowest BCUT2D eigenvalue weighted by molar-refractivity contribution is -0.158. The molecule has 1 heterocycles.